The molecule has 0 unspecified atom stereocenters. The van der Waals surface area contributed by atoms with Gasteiger partial charge in [-0.15, -0.1) is 0 Å². The lowest BCUT2D eigenvalue weighted by atomic mass is 10.2. The molecule has 0 aliphatic rings. The minimum atomic E-state index is -0.920. The van der Waals surface area contributed by atoms with Crippen LogP contribution in [0.5, 0.6) is 5.88 Å². The number of benzene rings is 1. The summed E-state index contributed by atoms with van der Waals surface area (Å²) in [5.41, 5.74) is 5.51. The fourth-order valence-electron chi connectivity index (χ4n) is 1.40. The topological polar surface area (TPSA) is 107 Å². The normalized spacial score (nSPS) is 10.0. The lowest BCUT2D eigenvalue weighted by molar-refractivity contribution is -0.121. The predicted molar refractivity (Wildman–Crippen MR) is 62.8 cm³/mol. The van der Waals surface area contributed by atoms with Crippen molar-refractivity contribution in [3.8, 4) is 5.88 Å². The van der Waals surface area contributed by atoms with Gasteiger partial charge in [0.25, 0.3) is 5.91 Å². The van der Waals surface area contributed by atoms with Gasteiger partial charge in [-0.25, -0.2) is 14.8 Å². The van der Waals surface area contributed by atoms with Gasteiger partial charge in [0.1, 0.15) is 6.33 Å². The van der Waals surface area contributed by atoms with E-state index in [0.29, 0.717) is 10.9 Å². The number of carbonyl (C=O) groups excluding carboxylic acids is 2. The van der Waals surface area contributed by atoms with Gasteiger partial charge in [-0.1, -0.05) is 12.1 Å². The third-order valence-corrected chi connectivity index (χ3v) is 2.11. The largest absolute Gasteiger partial charge is 0.467 e. The first-order valence-electron chi connectivity index (χ1n) is 5.08. The number of imide groups is 1. The van der Waals surface area contributed by atoms with Crippen molar-refractivity contribution in [2.45, 2.75) is 0 Å². The number of ether oxygens (including phenoxy) is 1. The summed E-state index contributed by atoms with van der Waals surface area (Å²) < 4.78 is 5.21. The minimum absolute atomic E-state index is 0.278. The van der Waals surface area contributed by atoms with E-state index in [0.717, 1.165) is 0 Å². The standard InChI is InChI=1S/C11H10N4O3/c12-11(17)15-9(16)5-18-10-7-3-1-2-4-8(7)13-6-14-10/h1-4,6H,5H2,(H3,12,15,16,17). The van der Waals surface area contributed by atoms with Crippen LogP contribution in [0.25, 0.3) is 10.9 Å². The molecule has 0 radical (unpaired) electrons. The Labute approximate surface area is 102 Å². The SMILES string of the molecule is NC(=O)NC(=O)COc1ncnc2ccccc12. The maximum absolute atomic E-state index is 11.2. The molecule has 0 fully saturated rings. The van der Waals surface area contributed by atoms with Crippen molar-refractivity contribution in [3.63, 3.8) is 0 Å². The van der Waals surface area contributed by atoms with Gasteiger partial charge in [0.15, 0.2) is 6.61 Å². The third kappa shape index (κ3) is 2.70. The van der Waals surface area contributed by atoms with Crippen LogP contribution in [0.1, 0.15) is 0 Å². The highest BCUT2D eigenvalue weighted by Crippen LogP contribution is 2.20. The molecule has 0 spiro atoms. The molecule has 0 bridgehead atoms. The first-order valence-corrected chi connectivity index (χ1v) is 5.08. The molecule has 18 heavy (non-hydrogen) atoms. The molecular weight excluding hydrogens is 236 g/mol. The highest BCUT2D eigenvalue weighted by atomic mass is 16.5. The highest BCUT2D eigenvalue weighted by molar-refractivity contribution is 5.94. The summed E-state index contributed by atoms with van der Waals surface area (Å²) in [7, 11) is 0. The summed E-state index contributed by atoms with van der Waals surface area (Å²) in [6, 6.07) is 6.29. The predicted octanol–water partition coefficient (Wildman–Crippen LogP) is 0.203. The molecule has 0 aliphatic heterocycles. The molecule has 3 amide bonds. The number of hydrogen-bond acceptors (Lipinski definition) is 5. The number of urea groups is 1. The summed E-state index contributed by atoms with van der Waals surface area (Å²) in [5.74, 6) is -0.356. The smallest absolute Gasteiger partial charge is 0.318 e. The molecule has 0 saturated carbocycles. The van der Waals surface area contributed by atoms with E-state index in [4.69, 9.17) is 10.5 Å². The van der Waals surface area contributed by atoms with E-state index in [1.165, 1.54) is 6.33 Å². The van der Waals surface area contributed by atoms with Gasteiger partial charge in [0, 0.05) is 0 Å². The molecule has 92 valence electrons. The number of hydrogen-bond donors (Lipinski definition) is 2. The fraction of sp³-hybridized carbons (Fsp3) is 0.0909. The third-order valence-electron chi connectivity index (χ3n) is 2.11. The van der Waals surface area contributed by atoms with Crippen molar-refractivity contribution < 1.29 is 14.3 Å². The van der Waals surface area contributed by atoms with Crippen LogP contribution in [0.15, 0.2) is 30.6 Å². The quantitative estimate of drug-likeness (QED) is 0.804. The van der Waals surface area contributed by atoms with Crippen LogP contribution in [0.3, 0.4) is 0 Å². The van der Waals surface area contributed by atoms with Crippen LogP contribution in [-0.4, -0.2) is 28.5 Å². The van der Waals surface area contributed by atoms with E-state index in [-0.39, 0.29) is 12.5 Å². The van der Waals surface area contributed by atoms with Gasteiger partial charge in [-0.2, -0.15) is 0 Å². The number of nitrogens with two attached hydrogens (primary N) is 1. The Kier molecular flexibility index (Phi) is 3.33. The molecule has 0 saturated heterocycles. The monoisotopic (exact) mass is 246 g/mol. The van der Waals surface area contributed by atoms with Crippen molar-refractivity contribution in [3.05, 3.63) is 30.6 Å². The van der Waals surface area contributed by atoms with Gasteiger partial charge in [-0.3, -0.25) is 10.1 Å². The summed E-state index contributed by atoms with van der Waals surface area (Å²) in [4.78, 5) is 29.6. The Morgan fingerprint density at radius 2 is 2.06 bits per heavy atom. The molecule has 1 aromatic carbocycles. The average Bonchev–Trinajstić information content (AvgIpc) is 2.35. The Balaban J connectivity index is 2.12. The number of primary amides is 1. The van der Waals surface area contributed by atoms with Crippen molar-refractivity contribution in [2.75, 3.05) is 6.61 Å². The zero-order valence-electron chi connectivity index (χ0n) is 9.29. The zero-order chi connectivity index (χ0) is 13.0. The molecule has 2 aromatic rings. The van der Waals surface area contributed by atoms with E-state index in [1.807, 2.05) is 17.4 Å². The summed E-state index contributed by atoms with van der Waals surface area (Å²) in [6.07, 6.45) is 1.34. The van der Waals surface area contributed by atoms with Gasteiger partial charge < -0.3 is 10.5 Å². The summed E-state index contributed by atoms with van der Waals surface area (Å²) >= 11 is 0. The van der Waals surface area contributed by atoms with E-state index >= 15 is 0 Å². The molecule has 1 aromatic heterocycles. The van der Waals surface area contributed by atoms with Crippen molar-refractivity contribution >= 4 is 22.8 Å². The number of carbonyl (C=O) groups is 2. The van der Waals surface area contributed by atoms with Crippen LogP contribution in [0.2, 0.25) is 0 Å². The number of para-hydroxylation sites is 1. The number of nitrogens with zero attached hydrogens (tertiary/aromatic N) is 2. The Morgan fingerprint density at radius 1 is 1.28 bits per heavy atom. The van der Waals surface area contributed by atoms with E-state index in [9.17, 15) is 9.59 Å². The van der Waals surface area contributed by atoms with Crippen molar-refractivity contribution in [1.82, 2.24) is 15.3 Å². The lowest BCUT2D eigenvalue weighted by Crippen LogP contribution is -2.38. The maximum Gasteiger partial charge on any atom is 0.318 e. The van der Waals surface area contributed by atoms with Gasteiger partial charge in [0.05, 0.1) is 10.9 Å². The zero-order valence-corrected chi connectivity index (χ0v) is 9.29. The Bertz CT molecular complexity index is 594. The highest BCUT2D eigenvalue weighted by Gasteiger charge is 2.08. The Hall–Kier alpha value is -2.70. The summed E-state index contributed by atoms with van der Waals surface area (Å²) in [6.45, 7) is -0.343. The van der Waals surface area contributed by atoms with Crippen LogP contribution in [-0.2, 0) is 4.79 Å². The summed E-state index contributed by atoms with van der Waals surface area (Å²) in [5, 5.41) is 2.58. The van der Waals surface area contributed by atoms with Crippen molar-refractivity contribution in [2.24, 2.45) is 5.73 Å². The van der Waals surface area contributed by atoms with E-state index in [1.54, 1.807) is 12.1 Å². The molecule has 7 nitrogen and oxygen atoms in total. The van der Waals surface area contributed by atoms with Gasteiger partial charge in [0.2, 0.25) is 5.88 Å². The number of rotatable bonds is 3. The van der Waals surface area contributed by atoms with Gasteiger partial charge in [-0.05, 0) is 12.1 Å². The van der Waals surface area contributed by atoms with Crippen LogP contribution in [0.4, 0.5) is 4.79 Å². The molecule has 0 atom stereocenters. The second-order valence-electron chi connectivity index (χ2n) is 3.40. The number of aromatic nitrogens is 2. The van der Waals surface area contributed by atoms with Crippen molar-refractivity contribution in [1.29, 1.82) is 0 Å². The lowest BCUT2D eigenvalue weighted by Gasteiger charge is -2.06. The molecule has 0 aliphatic carbocycles. The molecule has 1 heterocycles. The molecule has 7 heteroatoms. The molecular formula is C11H10N4O3. The van der Waals surface area contributed by atoms with Crippen LogP contribution < -0.4 is 15.8 Å². The maximum atomic E-state index is 11.2. The number of nitrogens with one attached hydrogen (secondary N) is 1. The Morgan fingerprint density at radius 3 is 2.83 bits per heavy atom. The molecule has 2 rings (SSSR count). The first-order chi connectivity index (χ1) is 8.66. The molecule has 3 N–H and O–H groups in total. The average molecular weight is 246 g/mol. The minimum Gasteiger partial charge on any atom is -0.467 e. The fourth-order valence-corrected chi connectivity index (χ4v) is 1.40. The number of amides is 3. The van der Waals surface area contributed by atoms with Crippen LogP contribution in [0, 0.1) is 0 Å². The second-order valence-corrected chi connectivity index (χ2v) is 3.40. The van der Waals surface area contributed by atoms with Gasteiger partial charge >= 0.3 is 6.03 Å². The number of fused-ring (bicyclic) bond motifs is 1. The first kappa shape index (κ1) is 11.8. The van der Waals surface area contributed by atoms with E-state index < -0.39 is 11.9 Å². The second kappa shape index (κ2) is 5.09. The van der Waals surface area contributed by atoms with E-state index in [2.05, 4.69) is 9.97 Å². The van der Waals surface area contributed by atoms with Crippen LogP contribution >= 0.6 is 0 Å².